The predicted molar refractivity (Wildman–Crippen MR) is 128 cm³/mol. The van der Waals surface area contributed by atoms with E-state index in [1.54, 1.807) is 0 Å². The summed E-state index contributed by atoms with van der Waals surface area (Å²) in [7, 11) is 0. The van der Waals surface area contributed by atoms with Crippen LogP contribution in [0.25, 0.3) is 10.2 Å². The third-order valence-corrected chi connectivity index (χ3v) is 7.36. The van der Waals surface area contributed by atoms with Crippen LogP contribution in [0.4, 0.5) is 11.4 Å². The van der Waals surface area contributed by atoms with Crippen LogP contribution in [0.5, 0.6) is 0 Å². The molecule has 31 heavy (non-hydrogen) atoms. The number of nitrogens with zero attached hydrogens (tertiary/aromatic N) is 2. The molecule has 7 heteroatoms. The molecule has 0 bridgehead atoms. The molecule has 1 saturated carbocycles. The lowest BCUT2D eigenvalue weighted by Crippen LogP contribution is -2.43. The Bertz CT molecular complexity index is 1110. The highest BCUT2D eigenvalue weighted by Crippen LogP contribution is 2.43. The summed E-state index contributed by atoms with van der Waals surface area (Å²) in [6, 6.07) is 10.8. The summed E-state index contributed by atoms with van der Waals surface area (Å²) >= 11 is 1.37. The topological polar surface area (TPSA) is 83.3 Å². The highest BCUT2D eigenvalue weighted by atomic mass is 32.1. The number of rotatable bonds is 6. The van der Waals surface area contributed by atoms with Crippen molar-refractivity contribution in [3.63, 3.8) is 0 Å². The van der Waals surface area contributed by atoms with Crippen LogP contribution in [0.2, 0.25) is 0 Å². The van der Waals surface area contributed by atoms with E-state index in [1.807, 2.05) is 19.1 Å². The first kappa shape index (κ1) is 20.3. The number of benzene rings is 1. The number of aromatic nitrogens is 1. The summed E-state index contributed by atoms with van der Waals surface area (Å²) in [4.78, 5) is 21.1. The zero-order valence-corrected chi connectivity index (χ0v) is 18.7. The van der Waals surface area contributed by atoms with Gasteiger partial charge in [0.05, 0.1) is 5.69 Å². The van der Waals surface area contributed by atoms with E-state index in [2.05, 4.69) is 38.7 Å². The molecule has 1 aliphatic heterocycles. The molecule has 162 valence electrons. The Morgan fingerprint density at radius 1 is 1.26 bits per heavy atom. The van der Waals surface area contributed by atoms with Crippen molar-refractivity contribution in [3.05, 3.63) is 52.0 Å². The molecule has 4 N–H and O–H groups in total. The summed E-state index contributed by atoms with van der Waals surface area (Å²) in [5, 5.41) is 7.35. The van der Waals surface area contributed by atoms with Crippen LogP contribution >= 0.6 is 11.3 Å². The molecule has 0 unspecified atom stereocenters. The standard InChI is InChI=1S/C24H29N5OS/c1-15-2-7-19-21(25)22(31-24(19)28-15)23(30)27-9-8-17-5-6-18(14-20(17)16-3-4-16)29-12-10-26-11-13-29/h2,5-7,14,16,26H,3-4,8-13,25H2,1H3,(H,27,30). The van der Waals surface area contributed by atoms with Crippen molar-refractivity contribution in [2.75, 3.05) is 43.4 Å². The van der Waals surface area contributed by atoms with E-state index in [4.69, 9.17) is 5.73 Å². The predicted octanol–water partition coefficient (Wildman–Crippen LogP) is 3.45. The fourth-order valence-electron chi connectivity index (χ4n) is 4.35. The number of piperazine rings is 1. The first-order valence-electron chi connectivity index (χ1n) is 11.1. The fourth-order valence-corrected chi connectivity index (χ4v) is 5.41. The minimum atomic E-state index is -0.108. The van der Waals surface area contributed by atoms with E-state index < -0.39 is 0 Å². The van der Waals surface area contributed by atoms with Gasteiger partial charge < -0.3 is 21.3 Å². The van der Waals surface area contributed by atoms with Crippen LogP contribution in [-0.2, 0) is 6.42 Å². The molecule has 1 saturated heterocycles. The highest BCUT2D eigenvalue weighted by Gasteiger charge is 2.27. The van der Waals surface area contributed by atoms with Gasteiger partial charge in [0.1, 0.15) is 9.71 Å². The number of anilines is 2. The number of pyridine rings is 1. The van der Waals surface area contributed by atoms with Gasteiger partial charge >= 0.3 is 0 Å². The van der Waals surface area contributed by atoms with Gasteiger partial charge in [-0.05, 0) is 67.5 Å². The van der Waals surface area contributed by atoms with Crippen LogP contribution < -0.4 is 21.3 Å². The molecular weight excluding hydrogens is 406 g/mol. The lowest BCUT2D eigenvalue weighted by Gasteiger charge is -2.30. The van der Waals surface area contributed by atoms with Gasteiger partial charge in [-0.25, -0.2) is 4.98 Å². The van der Waals surface area contributed by atoms with Crippen LogP contribution in [0.1, 0.15) is 45.3 Å². The Morgan fingerprint density at radius 2 is 2.06 bits per heavy atom. The van der Waals surface area contributed by atoms with E-state index in [1.165, 1.54) is 41.0 Å². The molecule has 1 aromatic carbocycles. The largest absolute Gasteiger partial charge is 0.397 e. The third-order valence-electron chi connectivity index (χ3n) is 6.25. The number of fused-ring (bicyclic) bond motifs is 1. The maximum absolute atomic E-state index is 12.8. The molecule has 6 nitrogen and oxygen atoms in total. The molecule has 3 aromatic rings. The summed E-state index contributed by atoms with van der Waals surface area (Å²) in [5.74, 6) is 0.574. The van der Waals surface area contributed by atoms with Crippen molar-refractivity contribution < 1.29 is 4.79 Å². The Labute approximate surface area is 186 Å². The number of hydrogen-bond donors (Lipinski definition) is 3. The van der Waals surface area contributed by atoms with Crippen molar-refractivity contribution in [2.45, 2.75) is 32.1 Å². The van der Waals surface area contributed by atoms with E-state index in [9.17, 15) is 4.79 Å². The van der Waals surface area contributed by atoms with Gasteiger partial charge in [0, 0.05) is 49.5 Å². The van der Waals surface area contributed by atoms with E-state index >= 15 is 0 Å². The molecule has 1 amide bonds. The molecule has 1 aliphatic carbocycles. The maximum Gasteiger partial charge on any atom is 0.263 e. The zero-order chi connectivity index (χ0) is 21.4. The number of amides is 1. The van der Waals surface area contributed by atoms with Crippen LogP contribution in [-0.4, -0.2) is 43.6 Å². The number of carbonyl (C=O) groups is 1. The number of nitrogens with two attached hydrogens (primary N) is 1. The third kappa shape index (κ3) is 4.25. The maximum atomic E-state index is 12.8. The number of nitrogen functional groups attached to an aromatic ring is 1. The van der Waals surface area contributed by atoms with Crippen LogP contribution in [0.15, 0.2) is 30.3 Å². The average Bonchev–Trinajstić information content (AvgIpc) is 3.58. The van der Waals surface area contributed by atoms with Crippen molar-refractivity contribution in [2.24, 2.45) is 0 Å². The molecule has 3 heterocycles. The smallest absolute Gasteiger partial charge is 0.263 e. The summed E-state index contributed by atoms with van der Waals surface area (Å²) in [5.41, 5.74) is 11.8. The van der Waals surface area contributed by atoms with Gasteiger partial charge in [0.25, 0.3) is 5.91 Å². The van der Waals surface area contributed by atoms with Gasteiger partial charge in [-0.3, -0.25) is 4.79 Å². The number of thiophene rings is 1. The number of carbonyl (C=O) groups excluding carboxylic acids is 1. The lowest BCUT2D eigenvalue weighted by atomic mass is 9.99. The number of hydrogen-bond acceptors (Lipinski definition) is 6. The molecule has 0 atom stereocenters. The minimum absolute atomic E-state index is 0.108. The number of aryl methyl sites for hydroxylation is 1. The van der Waals surface area contributed by atoms with Gasteiger partial charge in [-0.2, -0.15) is 0 Å². The monoisotopic (exact) mass is 435 g/mol. The van der Waals surface area contributed by atoms with Gasteiger partial charge in [0.15, 0.2) is 0 Å². The van der Waals surface area contributed by atoms with Gasteiger partial charge in [0.2, 0.25) is 0 Å². The molecular formula is C24H29N5OS. The van der Waals surface area contributed by atoms with Crippen molar-refractivity contribution >= 4 is 38.8 Å². The molecule has 2 aliphatic rings. The fraction of sp³-hybridized carbons (Fsp3) is 0.417. The summed E-state index contributed by atoms with van der Waals surface area (Å²) < 4.78 is 0. The quantitative estimate of drug-likeness (QED) is 0.552. The first-order chi connectivity index (χ1) is 15.1. The Morgan fingerprint density at radius 3 is 2.84 bits per heavy atom. The molecule has 0 spiro atoms. The zero-order valence-electron chi connectivity index (χ0n) is 17.9. The Balaban J connectivity index is 1.27. The molecule has 2 aromatic heterocycles. The Hall–Kier alpha value is -2.64. The highest BCUT2D eigenvalue weighted by molar-refractivity contribution is 7.21. The van der Waals surface area contributed by atoms with Crippen molar-refractivity contribution in [1.29, 1.82) is 0 Å². The Kier molecular flexibility index (Phi) is 5.54. The SMILES string of the molecule is Cc1ccc2c(N)c(C(=O)NCCc3ccc(N4CCNCC4)cc3C3CC3)sc2n1. The normalized spacial score (nSPS) is 16.6. The van der Waals surface area contributed by atoms with Gasteiger partial charge in [-0.15, -0.1) is 11.3 Å². The van der Waals surface area contributed by atoms with E-state index in [-0.39, 0.29) is 5.91 Å². The van der Waals surface area contributed by atoms with Gasteiger partial charge in [-0.1, -0.05) is 6.07 Å². The van der Waals surface area contributed by atoms with Crippen molar-refractivity contribution in [3.8, 4) is 0 Å². The minimum Gasteiger partial charge on any atom is -0.397 e. The molecule has 2 fully saturated rings. The second-order valence-electron chi connectivity index (χ2n) is 8.55. The molecule has 5 rings (SSSR count). The lowest BCUT2D eigenvalue weighted by molar-refractivity contribution is 0.0959. The summed E-state index contributed by atoms with van der Waals surface area (Å²) in [6.07, 6.45) is 3.38. The molecule has 0 radical (unpaired) electrons. The summed E-state index contributed by atoms with van der Waals surface area (Å²) in [6.45, 7) is 6.76. The first-order valence-corrected chi connectivity index (χ1v) is 11.9. The average molecular weight is 436 g/mol. The number of nitrogens with one attached hydrogen (secondary N) is 2. The van der Waals surface area contributed by atoms with Crippen LogP contribution in [0, 0.1) is 6.92 Å². The van der Waals surface area contributed by atoms with E-state index in [0.717, 1.165) is 48.5 Å². The second kappa shape index (κ2) is 8.48. The van der Waals surface area contributed by atoms with Crippen molar-refractivity contribution in [1.82, 2.24) is 15.6 Å². The second-order valence-corrected chi connectivity index (χ2v) is 9.55. The van der Waals surface area contributed by atoms with Crippen LogP contribution in [0.3, 0.4) is 0 Å². The van der Waals surface area contributed by atoms with E-state index in [0.29, 0.717) is 23.0 Å².